The highest BCUT2D eigenvalue weighted by molar-refractivity contribution is 7.09. The molecule has 17 heavy (non-hydrogen) atoms. The van der Waals surface area contributed by atoms with E-state index in [0.29, 0.717) is 5.69 Å². The molecule has 0 bridgehead atoms. The molecule has 0 spiro atoms. The third-order valence-electron chi connectivity index (χ3n) is 3.16. The van der Waals surface area contributed by atoms with Crippen LogP contribution in [0.2, 0.25) is 0 Å². The minimum Gasteiger partial charge on any atom is -0.480 e. The molecule has 0 radical (unpaired) electrons. The average molecular weight is 254 g/mol. The Balaban J connectivity index is 2.18. The lowest BCUT2D eigenvalue weighted by atomic mass is 10.2. The normalized spacial score (nSPS) is 19.8. The summed E-state index contributed by atoms with van der Waals surface area (Å²) in [7, 11) is 0. The maximum Gasteiger partial charge on any atom is 0.327 e. The first-order valence-corrected chi connectivity index (χ1v) is 6.95. The van der Waals surface area contributed by atoms with Gasteiger partial charge in [-0.15, -0.1) is 11.3 Å². The molecule has 0 amide bonds. The van der Waals surface area contributed by atoms with Crippen LogP contribution in [0.3, 0.4) is 0 Å². The van der Waals surface area contributed by atoms with Gasteiger partial charge in [-0.3, -0.25) is 9.69 Å². The van der Waals surface area contributed by atoms with Gasteiger partial charge in [0.05, 0.1) is 10.7 Å². The number of likely N-dealkylation sites (tertiary alicyclic amines) is 1. The molecule has 0 saturated carbocycles. The lowest BCUT2D eigenvalue weighted by molar-refractivity contribution is -0.143. The number of carbonyl (C=O) groups is 1. The monoisotopic (exact) mass is 254 g/mol. The zero-order valence-electron chi connectivity index (χ0n) is 10.1. The molecular formula is C12H18N2O2S. The second-order valence-corrected chi connectivity index (χ2v) is 5.54. The van der Waals surface area contributed by atoms with Gasteiger partial charge in [0.15, 0.2) is 6.04 Å². The van der Waals surface area contributed by atoms with Crippen molar-refractivity contribution in [1.82, 2.24) is 9.88 Å². The summed E-state index contributed by atoms with van der Waals surface area (Å²) in [6.07, 6.45) is 4.59. The number of rotatable bonds is 3. The van der Waals surface area contributed by atoms with Crippen molar-refractivity contribution in [1.29, 1.82) is 0 Å². The van der Waals surface area contributed by atoms with E-state index in [2.05, 4.69) is 9.88 Å². The summed E-state index contributed by atoms with van der Waals surface area (Å²) in [4.78, 5) is 17.8. The van der Waals surface area contributed by atoms with Gasteiger partial charge >= 0.3 is 5.97 Å². The van der Waals surface area contributed by atoms with Crippen LogP contribution in [-0.2, 0) is 4.79 Å². The van der Waals surface area contributed by atoms with E-state index in [1.807, 2.05) is 12.3 Å². The summed E-state index contributed by atoms with van der Waals surface area (Å²) in [6, 6.07) is -0.557. The first kappa shape index (κ1) is 12.5. The topological polar surface area (TPSA) is 53.4 Å². The fraction of sp³-hybridized carbons (Fsp3) is 0.667. The van der Waals surface area contributed by atoms with E-state index in [1.165, 1.54) is 24.2 Å². The van der Waals surface area contributed by atoms with Crippen molar-refractivity contribution in [3.8, 4) is 0 Å². The molecule has 0 aromatic carbocycles. The number of aryl methyl sites for hydroxylation is 1. The van der Waals surface area contributed by atoms with Crippen LogP contribution in [0.4, 0.5) is 0 Å². The van der Waals surface area contributed by atoms with E-state index < -0.39 is 12.0 Å². The highest BCUT2D eigenvalue weighted by Crippen LogP contribution is 2.25. The highest BCUT2D eigenvalue weighted by Gasteiger charge is 2.29. The summed E-state index contributed by atoms with van der Waals surface area (Å²) in [5.74, 6) is -0.780. The van der Waals surface area contributed by atoms with Gasteiger partial charge in [0.1, 0.15) is 0 Å². The number of aromatic nitrogens is 1. The average Bonchev–Trinajstić information content (AvgIpc) is 2.53. The Kier molecular flexibility index (Phi) is 4.12. The Morgan fingerprint density at radius 2 is 2.06 bits per heavy atom. The smallest absolute Gasteiger partial charge is 0.327 e. The maximum absolute atomic E-state index is 11.4. The molecule has 1 aliphatic heterocycles. The van der Waals surface area contributed by atoms with E-state index >= 15 is 0 Å². The number of carboxylic acid groups (broad SMARTS) is 1. The molecule has 1 N–H and O–H groups in total. The molecule has 1 aromatic rings. The summed E-state index contributed by atoms with van der Waals surface area (Å²) in [5.41, 5.74) is 0.696. The van der Waals surface area contributed by atoms with Crippen molar-refractivity contribution >= 4 is 17.3 Å². The van der Waals surface area contributed by atoms with Crippen LogP contribution >= 0.6 is 11.3 Å². The molecule has 2 heterocycles. The summed E-state index contributed by atoms with van der Waals surface area (Å²) < 4.78 is 0. The molecule has 1 fully saturated rings. The maximum atomic E-state index is 11.4. The predicted octanol–water partition coefficient (Wildman–Crippen LogP) is 2.45. The number of hydrogen-bond acceptors (Lipinski definition) is 4. The molecule has 0 aliphatic carbocycles. The van der Waals surface area contributed by atoms with Gasteiger partial charge in [0, 0.05) is 5.38 Å². The van der Waals surface area contributed by atoms with E-state index in [-0.39, 0.29) is 0 Å². The van der Waals surface area contributed by atoms with Crippen LogP contribution in [0.25, 0.3) is 0 Å². The molecule has 5 heteroatoms. The third-order valence-corrected chi connectivity index (χ3v) is 3.95. The molecule has 1 unspecified atom stereocenters. The fourth-order valence-electron chi connectivity index (χ4n) is 2.33. The van der Waals surface area contributed by atoms with Gasteiger partial charge < -0.3 is 5.11 Å². The Morgan fingerprint density at radius 1 is 1.41 bits per heavy atom. The lowest BCUT2D eigenvalue weighted by Gasteiger charge is -2.25. The fourth-order valence-corrected chi connectivity index (χ4v) is 2.96. The first-order chi connectivity index (χ1) is 8.18. The van der Waals surface area contributed by atoms with E-state index in [9.17, 15) is 9.90 Å². The van der Waals surface area contributed by atoms with Crippen LogP contribution in [0.15, 0.2) is 5.38 Å². The second-order valence-electron chi connectivity index (χ2n) is 4.48. The van der Waals surface area contributed by atoms with Gasteiger partial charge in [0.2, 0.25) is 0 Å². The van der Waals surface area contributed by atoms with Crippen molar-refractivity contribution in [2.24, 2.45) is 0 Å². The second kappa shape index (κ2) is 5.60. The van der Waals surface area contributed by atoms with E-state index in [4.69, 9.17) is 0 Å². The number of nitrogens with zero attached hydrogens (tertiary/aromatic N) is 2. The summed E-state index contributed by atoms with van der Waals surface area (Å²) >= 11 is 1.52. The SMILES string of the molecule is Cc1nc(C(C(=O)O)N2CCCCCC2)cs1. The van der Waals surface area contributed by atoms with Crippen molar-refractivity contribution < 1.29 is 9.90 Å². The quantitative estimate of drug-likeness (QED) is 0.900. The number of aliphatic carboxylic acids is 1. The van der Waals surface area contributed by atoms with Crippen molar-refractivity contribution in [2.45, 2.75) is 38.6 Å². The summed E-state index contributed by atoms with van der Waals surface area (Å²) in [5, 5.41) is 12.2. The molecule has 1 aromatic heterocycles. The number of thiazole rings is 1. The van der Waals surface area contributed by atoms with Gasteiger partial charge in [-0.2, -0.15) is 0 Å². The van der Waals surface area contributed by atoms with Crippen LogP contribution in [0.5, 0.6) is 0 Å². The zero-order chi connectivity index (χ0) is 12.3. The molecule has 2 rings (SSSR count). The molecular weight excluding hydrogens is 236 g/mol. The van der Waals surface area contributed by atoms with Gasteiger partial charge in [-0.1, -0.05) is 12.8 Å². The van der Waals surface area contributed by atoms with Crippen LogP contribution in [0.1, 0.15) is 42.4 Å². The van der Waals surface area contributed by atoms with Crippen LogP contribution < -0.4 is 0 Å². The van der Waals surface area contributed by atoms with Crippen LogP contribution in [0, 0.1) is 6.92 Å². The minimum atomic E-state index is -0.780. The van der Waals surface area contributed by atoms with Gasteiger partial charge in [-0.25, -0.2) is 4.98 Å². The molecule has 4 nitrogen and oxygen atoms in total. The largest absolute Gasteiger partial charge is 0.480 e. The van der Waals surface area contributed by atoms with E-state index in [0.717, 1.165) is 30.9 Å². The third kappa shape index (κ3) is 3.04. The number of carboxylic acids is 1. The zero-order valence-corrected chi connectivity index (χ0v) is 10.9. The lowest BCUT2D eigenvalue weighted by Crippen LogP contribution is -2.35. The van der Waals surface area contributed by atoms with Crippen molar-refractivity contribution in [3.63, 3.8) is 0 Å². The Hall–Kier alpha value is -0.940. The van der Waals surface area contributed by atoms with Gasteiger partial charge in [-0.05, 0) is 32.9 Å². The molecule has 94 valence electrons. The molecule has 1 atom stereocenters. The van der Waals surface area contributed by atoms with Crippen LogP contribution in [-0.4, -0.2) is 34.0 Å². The van der Waals surface area contributed by atoms with Gasteiger partial charge in [0.25, 0.3) is 0 Å². The summed E-state index contributed by atoms with van der Waals surface area (Å²) in [6.45, 7) is 3.65. The Bertz CT molecular complexity index is 384. The minimum absolute atomic E-state index is 0.557. The van der Waals surface area contributed by atoms with Crippen molar-refractivity contribution in [3.05, 3.63) is 16.1 Å². The van der Waals surface area contributed by atoms with Crippen molar-refractivity contribution in [2.75, 3.05) is 13.1 Å². The predicted molar refractivity (Wildman–Crippen MR) is 67.3 cm³/mol. The standard InChI is InChI=1S/C12H18N2O2S/c1-9-13-10(8-17-9)11(12(15)16)14-6-4-2-3-5-7-14/h8,11H,2-7H2,1H3,(H,15,16). The first-order valence-electron chi connectivity index (χ1n) is 6.07. The Labute approximate surface area is 105 Å². The van der Waals surface area contributed by atoms with E-state index in [1.54, 1.807) is 0 Å². The molecule has 1 saturated heterocycles. The highest BCUT2D eigenvalue weighted by atomic mass is 32.1. The molecule has 1 aliphatic rings. The number of hydrogen-bond donors (Lipinski definition) is 1. The Morgan fingerprint density at radius 3 is 2.53 bits per heavy atom.